The smallest absolute Gasteiger partial charge is 0.316 e. The Labute approximate surface area is 116 Å². The number of aliphatic hydroxyl groups is 1. The van der Waals surface area contributed by atoms with E-state index in [2.05, 4.69) is 12.6 Å². The monoisotopic (exact) mass is 318 g/mol. The zero-order valence-corrected chi connectivity index (χ0v) is 11.2. The molecule has 0 amide bonds. The average molecular weight is 318 g/mol. The summed E-state index contributed by atoms with van der Waals surface area (Å²) in [5, 5.41) is 7.96. The molecular formula is C12H12F6OS. The summed E-state index contributed by atoms with van der Waals surface area (Å²) in [5.41, 5.74) is -11.5. The third-order valence-electron chi connectivity index (χ3n) is 6.07. The highest BCUT2D eigenvalue weighted by Crippen LogP contribution is 3.14. The van der Waals surface area contributed by atoms with E-state index in [0.29, 0.717) is 0 Å². The van der Waals surface area contributed by atoms with Gasteiger partial charge in [0.25, 0.3) is 5.92 Å². The lowest BCUT2D eigenvalue weighted by Gasteiger charge is -2.31. The molecule has 5 aliphatic carbocycles. The van der Waals surface area contributed by atoms with Gasteiger partial charge in [0.2, 0.25) is 0 Å². The van der Waals surface area contributed by atoms with E-state index in [1.807, 2.05) is 0 Å². The van der Waals surface area contributed by atoms with Gasteiger partial charge in [0.15, 0.2) is 11.3 Å². The number of hydrogen-bond donors (Lipinski definition) is 2. The zero-order valence-electron chi connectivity index (χ0n) is 10.3. The maximum absolute atomic E-state index is 14.7. The van der Waals surface area contributed by atoms with Crippen LogP contribution in [0.3, 0.4) is 0 Å². The van der Waals surface area contributed by atoms with Crippen LogP contribution in [0.2, 0.25) is 0 Å². The normalized spacial score (nSPS) is 62.2. The Balaban J connectivity index is 1.87. The molecular weight excluding hydrogens is 306 g/mol. The molecule has 5 fully saturated rings. The minimum atomic E-state index is -4.41. The molecule has 0 aromatic carbocycles. The largest absolute Gasteiger partial charge is 0.393 e. The highest BCUT2D eigenvalue weighted by molar-refractivity contribution is 7.81. The van der Waals surface area contributed by atoms with Gasteiger partial charge in [-0.2, -0.15) is 21.4 Å². The van der Waals surface area contributed by atoms with Crippen LogP contribution in [0.4, 0.5) is 26.3 Å². The van der Waals surface area contributed by atoms with Crippen molar-refractivity contribution in [1.29, 1.82) is 0 Å². The van der Waals surface area contributed by atoms with E-state index in [4.69, 9.17) is 5.11 Å². The van der Waals surface area contributed by atoms with Crippen LogP contribution in [0.5, 0.6) is 0 Å². The summed E-state index contributed by atoms with van der Waals surface area (Å²) in [6, 6.07) is 0. The lowest BCUT2D eigenvalue weighted by Crippen LogP contribution is -2.50. The first-order valence-electron chi connectivity index (χ1n) is 6.41. The van der Waals surface area contributed by atoms with Crippen LogP contribution < -0.4 is 0 Å². The first kappa shape index (κ1) is 13.5. The SMILES string of the molecule is CC(O)CC(F)(F)C12C3C4(F)CC(S)C31C2(F)C4(F)F. The maximum atomic E-state index is 14.7. The predicted octanol–water partition coefficient (Wildman–Crippen LogP) is 2.78. The number of aliphatic hydroxyl groups excluding tert-OH is 1. The topological polar surface area (TPSA) is 20.2 Å². The van der Waals surface area contributed by atoms with Gasteiger partial charge in [-0.3, -0.25) is 0 Å². The van der Waals surface area contributed by atoms with E-state index in [-0.39, 0.29) is 0 Å². The molecule has 114 valence electrons. The summed E-state index contributed by atoms with van der Waals surface area (Å²) < 4.78 is 85.6. The molecule has 4 bridgehead atoms. The van der Waals surface area contributed by atoms with Crippen LogP contribution in [-0.2, 0) is 0 Å². The predicted molar refractivity (Wildman–Crippen MR) is 59.6 cm³/mol. The summed E-state index contributed by atoms with van der Waals surface area (Å²) in [5.74, 6) is -9.98. The molecule has 1 nitrogen and oxygen atoms in total. The van der Waals surface area contributed by atoms with Crippen molar-refractivity contribution in [3.8, 4) is 0 Å². The number of alkyl halides is 6. The van der Waals surface area contributed by atoms with E-state index < -0.39 is 64.1 Å². The van der Waals surface area contributed by atoms with Crippen molar-refractivity contribution in [3.05, 3.63) is 0 Å². The molecule has 1 N–H and O–H groups in total. The second-order valence-corrected chi connectivity index (χ2v) is 7.31. The number of hydrogen-bond acceptors (Lipinski definition) is 2. The van der Waals surface area contributed by atoms with Crippen LogP contribution in [0.15, 0.2) is 0 Å². The molecule has 0 aromatic heterocycles. The van der Waals surface area contributed by atoms with E-state index in [0.717, 1.165) is 6.92 Å². The third kappa shape index (κ3) is 0.725. The van der Waals surface area contributed by atoms with E-state index >= 15 is 0 Å². The quantitative estimate of drug-likeness (QED) is 0.606. The summed E-state index contributed by atoms with van der Waals surface area (Å²) in [7, 11) is 0. The van der Waals surface area contributed by atoms with Gasteiger partial charge in [-0.1, -0.05) is 0 Å². The molecule has 0 aliphatic heterocycles. The highest BCUT2D eigenvalue weighted by atomic mass is 32.1. The summed E-state index contributed by atoms with van der Waals surface area (Å²) in [4.78, 5) is 0. The maximum Gasteiger partial charge on any atom is 0.316 e. The molecule has 0 radical (unpaired) electrons. The molecule has 0 aromatic rings. The Morgan fingerprint density at radius 3 is 2.25 bits per heavy atom. The minimum Gasteiger partial charge on any atom is -0.393 e. The second-order valence-electron chi connectivity index (χ2n) is 6.68. The first-order chi connectivity index (χ1) is 8.91. The van der Waals surface area contributed by atoms with Crippen LogP contribution >= 0.6 is 12.6 Å². The van der Waals surface area contributed by atoms with Gasteiger partial charge in [-0.15, -0.1) is 0 Å². The van der Waals surface area contributed by atoms with Crippen LogP contribution in [0.1, 0.15) is 19.8 Å². The molecule has 8 heteroatoms. The summed E-state index contributed by atoms with van der Waals surface area (Å²) in [6.45, 7) is 1.06. The fraction of sp³-hybridized carbons (Fsp3) is 1.00. The van der Waals surface area contributed by atoms with E-state index in [9.17, 15) is 26.3 Å². The number of thiol groups is 1. The van der Waals surface area contributed by atoms with Crippen LogP contribution in [0, 0.1) is 16.7 Å². The molecule has 7 atom stereocenters. The van der Waals surface area contributed by atoms with Gasteiger partial charge in [-0.05, 0) is 6.92 Å². The van der Waals surface area contributed by atoms with Gasteiger partial charge in [0.05, 0.1) is 11.5 Å². The van der Waals surface area contributed by atoms with Gasteiger partial charge in [0, 0.05) is 29.4 Å². The van der Waals surface area contributed by atoms with Crippen molar-refractivity contribution in [2.24, 2.45) is 16.7 Å². The van der Waals surface area contributed by atoms with Crippen LogP contribution in [0.25, 0.3) is 0 Å². The fourth-order valence-electron chi connectivity index (χ4n) is 5.76. The average Bonchev–Trinajstić information content (AvgIpc) is 2.99. The van der Waals surface area contributed by atoms with Crippen molar-refractivity contribution < 1.29 is 31.4 Å². The Morgan fingerprint density at radius 2 is 1.85 bits per heavy atom. The molecule has 5 rings (SSSR count). The Bertz CT molecular complexity index is 534. The third-order valence-corrected chi connectivity index (χ3v) is 6.66. The summed E-state index contributed by atoms with van der Waals surface area (Å²) >= 11 is 3.90. The number of rotatable bonds is 3. The second kappa shape index (κ2) is 2.75. The Kier molecular flexibility index (Phi) is 1.86. The molecule has 7 unspecified atom stereocenters. The highest BCUT2D eigenvalue weighted by Gasteiger charge is 3.29. The molecule has 1 spiro atoms. The van der Waals surface area contributed by atoms with E-state index in [1.165, 1.54) is 0 Å². The standard InChI is InChI=1S/C12H12F6OS/c1-4(19)2-8(14,15)10-6-7(13)3-5(20)9(6,10)11(10,16)12(7,17)18/h4-6,19-20H,2-3H2,1H3. The zero-order chi connectivity index (χ0) is 15.1. The molecule has 20 heavy (non-hydrogen) atoms. The molecule has 5 saturated carbocycles. The lowest BCUT2D eigenvalue weighted by molar-refractivity contribution is -0.176. The fourth-order valence-corrected chi connectivity index (χ4v) is 6.56. The van der Waals surface area contributed by atoms with Crippen molar-refractivity contribution in [2.75, 3.05) is 0 Å². The van der Waals surface area contributed by atoms with Crippen molar-refractivity contribution in [2.45, 2.75) is 54.3 Å². The van der Waals surface area contributed by atoms with Crippen molar-refractivity contribution >= 4 is 12.6 Å². The first-order valence-corrected chi connectivity index (χ1v) is 6.92. The molecule has 0 saturated heterocycles. The van der Waals surface area contributed by atoms with E-state index in [1.54, 1.807) is 0 Å². The van der Waals surface area contributed by atoms with Gasteiger partial charge in [0.1, 0.15) is 0 Å². The molecule has 0 heterocycles. The lowest BCUT2D eigenvalue weighted by atomic mass is 9.91. The Hall–Kier alpha value is -0.110. The van der Waals surface area contributed by atoms with Gasteiger partial charge >= 0.3 is 5.92 Å². The van der Waals surface area contributed by atoms with Gasteiger partial charge in [-0.25, -0.2) is 17.6 Å². The molecule has 5 aliphatic rings. The number of halogens is 6. The summed E-state index contributed by atoms with van der Waals surface area (Å²) in [6.07, 6.45) is -3.34. The van der Waals surface area contributed by atoms with Crippen molar-refractivity contribution in [3.63, 3.8) is 0 Å². The van der Waals surface area contributed by atoms with Crippen molar-refractivity contribution in [1.82, 2.24) is 0 Å². The minimum absolute atomic E-state index is 0.702. The van der Waals surface area contributed by atoms with Gasteiger partial charge < -0.3 is 5.11 Å². The van der Waals surface area contributed by atoms with Crippen LogP contribution in [-0.4, -0.2) is 39.6 Å². The Morgan fingerprint density at radius 1 is 1.30 bits per heavy atom.